The van der Waals surface area contributed by atoms with Crippen molar-refractivity contribution in [3.05, 3.63) is 29.3 Å². The van der Waals surface area contributed by atoms with Crippen molar-refractivity contribution in [3.63, 3.8) is 0 Å². The van der Waals surface area contributed by atoms with Crippen molar-refractivity contribution in [2.75, 3.05) is 11.9 Å². The van der Waals surface area contributed by atoms with Gasteiger partial charge in [-0.15, -0.1) is 0 Å². The number of aliphatic hydroxyl groups is 1. The summed E-state index contributed by atoms with van der Waals surface area (Å²) in [5.41, 5.74) is 2.97. The molecule has 0 aliphatic heterocycles. The molecule has 0 bridgehead atoms. The molecule has 1 aliphatic rings. The molecule has 0 heterocycles. The lowest BCUT2D eigenvalue weighted by atomic mass is 10.0. The van der Waals surface area contributed by atoms with Gasteiger partial charge < -0.3 is 15.7 Å². The first-order chi connectivity index (χ1) is 9.06. The molecular weight excluding hydrogens is 240 g/mol. The normalized spacial score (nSPS) is 16.6. The lowest BCUT2D eigenvalue weighted by molar-refractivity contribution is 0.172. The molecule has 4 nitrogen and oxygen atoms in total. The van der Waals surface area contributed by atoms with Gasteiger partial charge in [0, 0.05) is 5.69 Å². The van der Waals surface area contributed by atoms with Crippen LogP contribution < -0.4 is 10.6 Å². The summed E-state index contributed by atoms with van der Waals surface area (Å²) in [4.78, 5) is 11.9. The molecule has 1 aromatic rings. The molecule has 0 aromatic heterocycles. The topological polar surface area (TPSA) is 61.4 Å². The van der Waals surface area contributed by atoms with Crippen LogP contribution in [0.3, 0.4) is 0 Å². The summed E-state index contributed by atoms with van der Waals surface area (Å²) in [7, 11) is 0. The van der Waals surface area contributed by atoms with Gasteiger partial charge >= 0.3 is 6.03 Å². The maximum absolute atomic E-state index is 11.9. The Labute approximate surface area is 114 Å². The second-order valence-corrected chi connectivity index (χ2v) is 5.49. The van der Waals surface area contributed by atoms with E-state index in [4.69, 9.17) is 0 Å². The number of hydrogen-bond donors (Lipinski definition) is 3. The molecule has 2 amide bonds. The Hall–Kier alpha value is -1.55. The van der Waals surface area contributed by atoms with Crippen molar-refractivity contribution in [2.24, 2.45) is 0 Å². The van der Waals surface area contributed by atoms with Crippen molar-refractivity contribution in [1.29, 1.82) is 0 Å². The summed E-state index contributed by atoms with van der Waals surface area (Å²) in [6, 6.07) is 5.80. The Morgan fingerprint density at radius 1 is 1.37 bits per heavy atom. The van der Waals surface area contributed by atoms with Gasteiger partial charge in [-0.25, -0.2) is 4.79 Å². The van der Waals surface area contributed by atoms with E-state index in [0.717, 1.165) is 18.5 Å². The van der Waals surface area contributed by atoms with Crippen LogP contribution in [0.5, 0.6) is 0 Å². The number of hydrogen-bond acceptors (Lipinski definition) is 2. The van der Waals surface area contributed by atoms with Crippen molar-refractivity contribution in [1.82, 2.24) is 5.32 Å². The van der Waals surface area contributed by atoms with Crippen LogP contribution in [0.1, 0.15) is 37.8 Å². The average molecular weight is 262 g/mol. The van der Waals surface area contributed by atoms with E-state index in [-0.39, 0.29) is 12.6 Å². The number of rotatable bonds is 4. The van der Waals surface area contributed by atoms with E-state index in [1.165, 1.54) is 17.5 Å². The first-order valence-corrected chi connectivity index (χ1v) is 6.88. The van der Waals surface area contributed by atoms with Crippen LogP contribution in [0, 0.1) is 0 Å². The van der Waals surface area contributed by atoms with Gasteiger partial charge in [-0.2, -0.15) is 0 Å². The third-order valence-electron chi connectivity index (χ3n) is 3.90. The zero-order valence-corrected chi connectivity index (χ0v) is 11.6. The number of anilines is 1. The Bertz CT molecular complexity index is 467. The van der Waals surface area contributed by atoms with E-state index < -0.39 is 5.54 Å². The molecule has 104 valence electrons. The van der Waals surface area contributed by atoms with Gasteiger partial charge in [0.1, 0.15) is 0 Å². The monoisotopic (exact) mass is 262 g/mol. The van der Waals surface area contributed by atoms with E-state index in [2.05, 4.69) is 16.7 Å². The van der Waals surface area contributed by atoms with Crippen LogP contribution in [0.25, 0.3) is 0 Å². The number of carbonyl (C=O) groups excluding carboxylic acids is 1. The zero-order valence-electron chi connectivity index (χ0n) is 11.6. The van der Waals surface area contributed by atoms with Gasteiger partial charge in [-0.3, -0.25) is 0 Å². The molecule has 0 saturated carbocycles. The smallest absolute Gasteiger partial charge is 0.319 e. The number of carbonyl (C=O) groups is 1. The summed E-state index contributed by atoms with van der Waals surface area (Å²) in [6.07, 6.45) is 4.11. The fourth-order valence-electron chi connectivity index (χ4n) is 2.33. The second kappa shape index (κ2) is 5.61. The highest BCUT2D eigenvalue weighted by Crippen LogP contribution is 2.24. The summed E-state index contributed by atoms with van der Waals surface area (Å²) in [5.74, 6) is 0. The molecule has 0 spiro atoms. The number of fused-ring (bicyclic) bond motifs is 1. The Balaban J connectivity index is 1.99. The Morgan fingerprint density at radius 2 is 2.11 bits per heavy atom. The number of amides is 2. The van der Waals surface area contributed by atoms with Gasteiger partial charge in [0.2, 0.25) is 0 Å². The number of urea groups is 1. The van der Waals surface area contributed by atoms with Gasteiger partial charge in [0.25, 0.3) is 0 Å². The summed E-state index contributed by atoms with van der Waals surface area (Å²) < 4.78 is 0. The highest BCUT2D eigenvalue weighted by Gasteiger charge is 2.23. The standard InChI is InChI=1S/C15H22N2O2/c1-3-15(2,10-18)17-14(19)16-13-8-7-11-5-4-6-12(11)9-13/h7-9,18H,3-6,10H2,1-2H3,(H2,16,17,19). The fraction of sp³-hybridized carbons (Fsp3) is 0.533. The van der Waals surface area contributed by atoms with Crippen molar-refractivity contribution < 1.29 is 9.90 Å². The number of nitrogens with one attached hydrogen (secondary N) is 2. The minimum Gasteiger partial charge on any atom is -0.394 e. The highest BCUT2D eigenvalue weighted by atomic mass is 16.3. The molecule has 1 aromatic carbocycles. The highest BCUT2D eigenvalue weighted by molar-refractivity contribution is 5.89. The molecule has 19 heavy (non-hydrogen) atoms. The minimum absolute atomic E-state index is 0.0683. The van der Waals surface area contributed by atoms with Crippen LogP contribution >= 0.6 is 0 Å². The SMILES string of the molecule is CCC(C)(CO)NC(=O)Nc1ccc2c(c1)CCC2. The summed E-state index contributed by atoms with van der Waals surface area (Å²) in [6.45, 7) is 3.70. The van der Waals surface area contributed by atoms with Crippen molar-refractivity contribution in [2.45, 2.75) is 45.1 Å². The lowest BCUT2D eigenvalue weighted by Gasteiger charge is -2.27. The molecular formula is C15H22N2O2. The van der Waals surface area contributed by atoms with Gasteiger partial charge in [0.15, 0.2) is 0 Å². The molecule has 0 saturated heterocycles. The van der Waals surface area contributed by atoms with Crippen LogP contribution in [-0.2, 0) is 12.8 Å². The second-order valence-electron chi connectivity index (χ2n) is 5.49. The average Bonchev–Trinajstić information content (AvgIpc) is 2.85. The molecule has 4 heteroatoms. The van der Waals surface area contributed by atoms with Gasteiger partial charge in [0.05, 0.1) is 12.1 Å². The largest absolute Gasteiger partial charge is 0.394 e. The van der Waals surface area contributed by atoms with E-state index in [9.17, 15) is 9.90 Å². The van der Waals surface area contributed by atoms with Crippen molar-refractivity contribution >= 4 is 11.7 Å². The van der Waals surface area contributed by atoms with E-state index in [0.29, 0.717) is 6.42 Å². The minimum atomic E-state index is -0.569. The van der Waals surface area contributed by atoms with E-state index in [1.807, 2.05) is 26.0 Å². The Kier molecular flexibility index (Phi) is 4.10. The van der Waals surface area contributed by atoms with E-state index >= 15 is 0 Å². The molecule has 1 aliphatic carbocycles. The predicted octanol–water partition coefficient (Wildman–Crippen LogP) is 2.46. The maximum atomic E-state index is 11.9. The number of aliphatic hydroxyl groups excluding tert-OH is 1. The summed E-state index contributed by atoms with van der Waals surface area (Å²) >= 11 is 0. The number of benzene rings is 1. The Morgan fingerprint density at radius 3 is 2.79 bits per heavy atom. The number of aryl methyl sites for hydroxylation is 2. The van der Waals surface area contributed by atoms with Crippen LogP contribution in [0.4, 0.5) is 10.5 Å². The molecule has 0 fully saturated rings. The predicted molar refractivity (Wildman–Crippen MR) is 76.4 cm³/mol. The molecule has 0 radical (unpaired) electrons. The summed E-state index contributed by atoms with van der Waals surface area (Å²) in [5, 5.41) is 14.9. The molecule has 2 rings (SSSR count). The zero-order chi connectivity index (χ0) is 13.9. The van der Waals surface area contributed by atoms with Crippen LogP contribution in [0.15, 0.2) is 18.2 Å². The van der Waals surface area contributed by atoms with Gasteiger partial charge in [-0.05, 0) is 55.9 Å². The first kappa shape index (κ1) is 13.9. The molecule has 3 N–H and O–H groups in total. The maximum Gasteiger partial charge on any atom is 0.319 e. The van der Waals surface area contributed by atoms with Crippen molar-refractivity contribution in [3.8, 4) is 0 Å². The third kappa shape index (κ3) is 3.26. The molecule has 1 unspecified atom stereocenters. The quantitative estimate of drug-likeness (QED) is 0.780. The van der Waals surface area contributed by atoms with Crippen LogP contribution in [0.2, 0.25) is 0 Å². The van der Waals surface area contributed by atoms with Crippen LogP contribution in [-0.4, -0.2) is 23.3 Å². The molecule has 1 atom stereocenters. The first-order valence-electron chi connectivity index (χ1n) is 6.88. The fourth-order valence-corrected chi connectivity index (χ4v) is 2.33. The van der Waals surface area contributed by atoms with Gasteiger partial charge in [-0.1, -0.05) is 13.0 Å². The lowest BCUT2D eigenvalue weighted by Crippen LogP contribution is -2.50. The van der Waals surface area contributed by atoms with E-state index in [1.54, 1.807) is 0 Å². The third-order valence-corrected chi connectivity index (χ3v) is 3.90.